The van der Waals surface area contributed by atoms with E-state index in [-0.39, 0.29) is 25.2 Å². The van der Waals surface area contributed by atoms with Gasteiger partial charge in [-0.3, -0.25) is 9.59 Å². The van der Waals surface area contributed by atoms with Crippen LogP contribution in [0.5, 0.6) is 0 Å². The molecular formula is C75H134O5. The zero-order valence-electron chi connectivity index (χ0n) is 53.3. The van der Waals surface area contributed by atoms with E-state index < -0.39 is 6.10 Å². The van der Waals surface area contributed by atoms with Crippen molar-refractivity contribution in [2.24, 2.45) is 0 Å². The largest absolute Gasteiger partial charge is 0.462 e. The van der Waals surface area contributed by atoms with Crippen LogP contribution in [0, 0.1) is 0 Å². The first-order chi connectivity index (χ1) is 39.6. The highest BCUT2D eigenvalue weighted by Crippen LogP contribution is 2.19. The summed E-state index contributed by atoms with van der Waals surface area (Å²) in [5.41, 5.74) is 0. The van der Waals surface area contributed by atoms with Gasteiger partial charge >= 0.3 is 11.9 Å². The fourth-order valence-corrected chi connectivity index (χ4v) is 10.5. The van der Waals surface area contributed by atoms with Crippen LogP contribution in [0.2, 0.25) is 0 Å². The molecule has 0 aromatic carbocycles. The van der Waals surface area contributed by atoms with E-state index in [0.717, 1.165) is 89.9 Å². The number of ether oxygens (including phenoxy) is 2. The summed E-state index contributed by atoms with van der Waals surface area (Å²) < 4.78 is 10.7. The van der Waals surface area contributed by atoms with Crippen LogP contribution in [0.3, 0.4) is 0 Å². The number of esters is 2. The molecule has 0 amide bonds. The Hall–Kier alpha value is -2.92. The van der Waals surface area contributed by atoms with Crippen molar-refractivity contribution in [1.29, 1.82) is 0 Å². The van der Waals surface area contributed by atoms with Gasteiger partial charge in [0.25, 0.3) is 0 Å². The zero-order chi connectivity index (χ0) is 57.6. The summed E-state index contributed by atoms with van der Waals surface area (Å²) in [4.78, 5) is 24.6. The standard InChI is InChI=1S/C75H134O5/c1-3-5-7-9-11-13-15-17-19-21-23-25-27-29-31-33-34-35-36-37-38-39-40-42-43-45-47-49-51-53-55-57-59-61-63-65-67-69-74(77)79-72-73(71-76)80-75(78)70-68-66-64-62-60-58-56-54-52-50-48-46-44-41-32-30-28-26-24-22-20-18-16-14-12-10-8-6-4-2/h6,8,12,14,18,20,24,26,30,32,44,46,50,52,73,76H,3-5,7,9-11,13,15-17,19,21-23,25,27-29,31,33-43,45,47-49,51,53-72H2,1-2H3/b8-6-,14-12-,20-18-,26-24-,32-30-,46-44-,52-50-. The summed E-state index contributed by atoms with van der Waals surface area (Å²) >= 11 is 0. The first-order valence-electron chi connectivity index (χ1n) is 35.1. The summed E-state index contributed by atoms with van der Waals surface area (Å²) in [6, 6.07) is 0. The first-order valence-corrected chi connectivity index (χ1v) is 35.1. The van der Waals surface area contributed by atoms with Gasteiger partial charge in [-0.1, -0.05) is 362 Å². The molecule has 0 spiro atoms. The predicted octanol–water partition coefficient (Wildman–Crippen LogP) is 24.4. The van der Waals surface area contributed by atoms with Crippen molar-refractivity contribution in [2.75, 3.05) is 13.2 Å². The number of unbranched alkanes of at least 4 members (excludes halogenated alkanes) is 43. The molecule has 5 nitrogen and oxygen atoms in total. The van der Waals surface area contributed by atoms with E-state index in [2.05, 4.69) is 98.9 Å². The van der Waals surface area contributed by atoms with Crippen LogP contribution < -0.4 is 0 Å². The van der Waals surface area contributed by atoms with E-state index in [1.807, 2.05) is 0 Å². The van der Waals surface area contributed by atoms with Crippen LogP contribution in [0.25, 0.3) is 0 Å². The molecule has 0 aromatic heterocycles. The van der Waals surface area contributed by atoms with Crippen molar-refractivity contribution in [1.82, 2.24) is 0 Å². The average molecular weight is 1120 g/mol. The van der Waals surface area contributed by atoms with Crippen LogP contribution >= 0.6 is 0 Å². The van der Waals surface area contributed by atoms with Crippen molar-refractivity contribution in [3.63, 3.8) is 0 Å². The van der Waals surface area contributed by atoms with Gasteiger partial charge in [-0.15, -0.1) is 0 Å². The summed E-state index contributed by atoms with van der Waals surface area (Å²) in [5, 5.41) is 9.70. The third-order valence-electron chi connectivity index (χ3n) is 15.7. The second kappa shape index (κ2) is 70.3. The average Bonchev–Trinajstić information content (AvgIpc) is 3.46. The van der Waals surface area contributed by atoms with Gasteiger partial charge in [-0.2, -0.15) is 0 Å². The molecule has 0 saturated carbocycles. The maximum absolute atomic E-state index is 12.4. The fourth-order valence-electron chi connectivity index (χ4n) is 10.5. The lowest BCUT2D eigenvalue weighted by molar-refractivity contribution is -0.161. The lowest BCUT2D eigenvalue weighted by Crippen LogP contribution is -2.28. The van der Waals surface area contributed by atoms with Crippen LogP contribution in [0.4, 0.5) is 0 Å². The van der Waals surface area contributed by atoms with Gasteiger partial charge in [0.1, 0.15) is 6.61 Å². The van der Waals surface area contributed by atoms with Gasteiger partial charge < -0.3 is 14.6 Å². The van der Waals surface area contributed by atoms with Gasteiger partial charge in [0.2, 0.25) is 0 Å². The molecule has 80 heavy (non-hydrogen) atoms. The first kappa shape index (κ1) is 77.1. The van der Waals surface area contributed by atoms with Gasteiger partial charge in [-0.05, 0) is 70.6 Å². The number of carbonyl (C=O) groups excluding carboxylic acids is 2. The summed E-state index contributed by atoms with van der Waals surface area (Å²) in [6.07, 6.45) is 99.1. The monoisotopic (exact) mass is 1120 g/mol. The smallest absolute Gasteiger partial charge is 0.306 e. The highest BCUT2D eigenvalue weighted by Gasteiger charge is 2.16. The molecule has 1 atom stereocenters. The van der Waals surface area contributed by atoms with Crippen LogP contribution in [-0.2, 0) is 19.1 Å². The van der Waals surface area contributed by atoms with E-state index in [1.165, 1.54) is 244 Å². The molecule has 0 bridgehead atoms. The maximum Gasteiger partial charge on any atom is 0.306 e. The Morgan fingerprint density at radius 2 is 0.537 bits per heavy atom. The third kappa shape index (κ3) is 67.6. The molecule has 0 radical (unpaired) electrons. The number of hydrogen-bond acceptors (Lipinski definition) is 5. The molecule has 464 valence electrons. The van der Waals surface area contributed by atoms with E-state index >= 15 is 0 Å². The number of allylic oxidation sites excluding steroid dienone is 14. The molecule has 1 N–H and O–H groups in total. The minimum atomic E-state index is -0.783. The van der Waals surface area contributed by atoms with Crippen LogP contribution in [-0.4, -0.2) is 36.4 Å². The normalized spacial score (nSPS) is 12.7. The van der Waals surface area contributed by atoms with Crippen LogP contribution in [0.15, 0.2) is 85.1 Å². The molecule has 0 aromatic rings. The van der Waals surface area contributed by atoms with Crippen molar-refractivity contribution >= 4 is 11.9 Å². The van der Waals surface area contributed by atoms with E-state index in [4.69, 9.17) is 9.47 Å². The molecule has 1 unspecified atom stereocenters. The van der Waals surface area contributed by atoms with Crippen molar-refractivity contribution in [2.45, 2.75) is 367 Å². The Morgan fingerprint density at radius 3 is 0.812 bits per heavy atom. The van der Waals surface area contributed by atoms with Crippen LogP contribution in [0.1, 0.15) is 361 Å². The van der Waals surface area contributed by atoms with E-state index in [0.29, 0.717) is 12.8 Å². The lowest BCUT2D eigenvalue weighted by Gasteiger charge is -2.15. The Balaban J connectivity index is 3.44. The van der Waals surface area contributed by atoms with E-state index in [9.17, 15) is 14.7 Å². The summed E-state index contributed by atoms with van der Waals surface area (Å²) in [5.74, 6) is -0.592. The molecule has 5 heteroatoms. The molecular weight excluding hydrogens is 981 g/mol. The summed E-state index contributed by atoms with van der Waals surface area (Å²) in [6.45, 7) is 4.06. The Morgan fingerprint density at radius 1 is 0.300 bits per heavy atom. The fraction of sp³-hybridized carbons (Fsp3) is 0.787. The number of carbonyl (C=O) groups is 2. The maximum atomic E-state index is 12.4. The Kier molecular flexibility index (Phi) is 67.8. The third-order valence-corrected chi connectivity index (χ3v) is 15.7. The summed E-state index contributed by atoms with van der Waals surface area (Å²) in [7, 11) is 0. The van der Waals surface area contributed by atoms with Gasteiger partial charge in [0.05, 0.1) is 6.61 Å². The molecule has 0 rings (SSSR count). The highest BCUT2D eigenvalue weighted by molar-refractivity contribution is 5.70. The molecule has 0 saturated heterocycles. The number of hydrogen-bond donors (Lipinski definition) is 1. The number of rotatable bonds is 65. The van der Waals surface area contributed by atoms with Crippen molar-refractivity contribution in [3.8, 4) is 0 Å². The minimum Gasteiger partial charge on any atom is -0.462 e. The molecule has 0 aliphatic rings. The van der Waals surface area contributed by atoms with Crippen molar-refractivity contribution < 1.29 is 24.2 Å². The van der Waals surface area contributed by atoms with Gasteiger partial charge in [0.15, 0.2) is 6.10 Å². The Bertz CT molecular complexity index is 1450. The quantitative estimate of drug-likeness (QED) is 0.0373. The van der Waals surface area contributed by atoms with Gasteiger partial charge in [0, 0.05) is 12.8 Å². The molecule has 0 aliphatic heterocycles. The molecule has 0 fully saturated rings. The number of aliphatic hydroxyl groups is 1. The highest BCUT2D eigenvalue weighted by atomic mass is 16.6. The molecule has 0 heterocycles. The lowest BCUT2D eigenvalue weighted by atomic mass is 10.0. The minimum absolute atomic E-state index is 0.0709. The van der Waals surface area contributed by atoms with Crippen molar-refractivity contribution in [3.05, 3.63) is 85.1 Å². The second-order valence-corrected chi connectivity index (χ2v) is 23.6. The van der Waals surface area contributed by atoms with E-state index in [1.54, 1.807) is 0 Å². The number of aliphatic hydroxyl groups excluding tert-OH is 1. The molecule has 0 aliphatic carbocycles. The van der Waals surface area contributed by atoms with Gasteiger partial charge in [-0.25, -0.2) is 0 Å². The SMILES string of the molecule is CC/C=C\C/C=C\C/C=C\C/C=C\C/C=C\C/C=C\C/C=C\CCCCCCCCCC(=O)OC(CO)COC(=O)CCCCCCCCCCCCCCCCCCCCCCCCCCCCCCCCCCCCCCC. The Labute approximate surface area is 498 Å². The second-order valence-electron chi connectivity index (χ2n) is 23.6. The predicted molar refractivity (Wildman–Crippen MR) is 353 cm³/mol. The zero-order valence-corrected chi connectivity index (χ0v) is 53.3. The topological polar surface area (TPSA) is 72.8 Å².